The maximum atomic E-state index is 11.1. The predicted octanol–water partition coefficient (Wildman–Crippen LogP) is 1.92. The first-order valence-corrected chi connectivity index (χ1v) is 7.04. The van der Waals surface area contributed by atoms with Crippen molar-refractivity contribution in [1.29, 1.82) is 0 Å². The summed E-state index contributed by atoms with van der Waals surface area (Å²) in [6.45, 7) is 1.11. The van der Waals surface area contributed by atoms with Gasteiger partial charge in [-0.25, -0.2) is 0 Å². The van der Waals surface area contributed by atoms with Gasteiger partial charge in [0, 0.05) is 0 Å². The first-order valence-electron chi connectivity index (χ1n) is 7.04. The van der Waals surface area contributed by atoms with Crippen molar-refractivity contribution in [3.8, 4) is 11.7 Å². The van der Waals surface area contributed by atoms with Crippen LogP contribution in [0.25, 0.3) is 11.7 Å². The van der Waals surface area contributed by atoms with Crippen LogP contribution in [0.5, 0.6) is 0 Å². The number of nitrogens with zero attached hydrogens (tertiary/aromatic N) is 2. The van der Waals surface area contributed by atoms with E-state index in [1.54, 1.807) is 18.4 Å². The molecule has 3 rings (SSSR count). The monoisotopic (exact) mass is 291 g/mol. The van der Waals surface area contributed by atoms with E-state index < -0.39 is 5.97 Å². The number of carbonyl (C=O) groups is 1. The lowest BCUT2D eigenvalue weighted by atomic mass is 9.96. The van der Waals surface area contributed by atoms with E-state index in [1.807, 2.05) is 0 Å². The maximum absolute atomic E-state index is 11.1. The van der Waals surface area contributed by atoms with E-state index in [4.69, 9.17) is 14.0 Å². The molecule has 2 unspecified atom stereocenters. The first kappa shape index (κ1) is 13.8. The summed E-state index contributed by atoms with van der Waals surface area (Å²) in [5.74, 6) is 0.669. The zero-order valence-corrected chi connectivity index (χ0v) is 11.5. The molecular formula is C14H17N3O4. The normalized spacial score (nSPS) is 21.7. The molecule has 1 fully saturated rings. The molecule has 1 saturated carbocycles. The van der Waals surface area contributed by atoms with Gasteiger partial charge in [0.05, 0.1) is 18.7 Å². The van der Waals surface area contributed by atoms with Crippen molar-refractivity contribution in [3.05, 3.63) is 24.2 Å². The smallest absolute Gasteiger partial charge is 0.306 e. The largest absolute Gasteiger partial charge is 0.481 e. The Balaban J connectivity index is 1.51. The molecule has 0 amide bonds. The number of hydrogen-bond acceptors (Lipinski definition) is 6. The second-order valence-corrected chi connectivity index (χ2v) is 5.26. The van der Waals surface area contributed by atoms with Crippen LogP contribution in [0.15, 0.2) is 27.3 Å². The van der Waals surface area contributed by atoms with Gasteiger partial charge in [-0.2, -0.15) is 4.98 Å². The van der Waals surface area contributed by atoms with Gasteiger partial charge in [-0.05, 0) is 37.4 Å². The predicted molar refractivity (Wildman–Crippen MR) is 72.2 cm³/mol. The highest BCUT2D eigenvalue weighted by Crippen LogP contribution is 2.31. The van der Waals surface area contributed by atoms with Crippen molar-refractivity contribution in [2.45, 2.75) is 25.8 Å². The Bertz CT molecular complexity index is 593. The van der Waals surface area contributed by atoms with Crippen molar-refractivity contribution in [2.75, 3.05) is 6.54 Å². The minimum absolute atomic E-state index is 0.180. The standard InChI is InChI=1S/C14H17N3O4/c18-14(19)10-4-1-3-9(10)7-15-8-12-16-13(21-17-12)11-5-2-6-20-11/h2,5-6,9-10,15H,1,3-4,7-8H2,(H,18,19). The number of aliphatic carboxylic acids is 1. The minimum Gasteiger partial charge on any atom is -0.481 e. The summed E-state index contributed by atoms with van der Waals surface area (Å²) in [5.41, 5.74) is 0. The fourth-order valence-corrected chi connectivity index (χ4v) is 2.80. The number of furan rings is 1. The van der Waals surface area contributed by atoms with Gasteiger partial charge in [-0.15, -0.1) is 0 Å². The Morgan fingerprint density at radius 1 is 1.48 bits per heavy atom. The van der Waals surface area contributed by atoms with Crippen molar-refractivity contribution in [3.63, 3.8) is 0 Å². The topological polar surface area (TPSA) is 101 Å². The van der Waals surface area contributed by atoms with Crippen molar-refractivity contribution in [1.82, 2.24) is 15.5 Å². The highest BCUT2D eigenvalue weighted by Gasteiger charge is 2.32. The van der Waals surface area contributed by atoms with E-state index in [-0.39, 0.29) is 11.8 Å². The fraction of sp³-hybridized carbons (Fsp3) is 0.500. The van der Waals surface area contributed by atoms with Gasteiger partial charge in [0.2, 0.25) is 0 Å². The van der Waals surface area contributed by atoms with Crippen molar-refractivity contribution >= 4 is 5.97 Å². The Morgan fingerprint density at radius 3 is 3.14 bits per heavy atom. The van der Waals surface area contributed by atoms with Gasteiger partial charge >= 0.3 is 5.97 Å². The lowest BCUT2D eigenvalue weighted by Crippen LogP contribution is -2.29. The van der Waals surface area contributed by atoms with Crippen LogP contribution in [0.4, 0.5) is 0 Å². The zero-order chi connectivity index (χ0) is 14.7. The lowest BCUT2D eigenvalue weighted by molar-refractivity contribution is -0.142. The molecule has 21 heavy (non-hydrogen) atoms. The number of carboxylic acid groups (broad SMARTS) is 1. The van der Waals surface area contributed by atoms with E-state index in [0.717, 1.165) is 19.3 Å². The molecule has 1 aliphatic rings. The fourth-order valence-electron chi connectivity index (χ4n) is 2.80. The van der Waals surface area contributed by atoms with Gasteiger partial charge in [0.1, 0.15) is 0 Å². The third-order valence-electron chi connectivity index (χ3n) is 3.87. The van der Waals surface area contributed by atoms with Crippen LogP contribution < -0.4 is 5.32 Å². The number of nitrogens with one attached hydrogen (secondary N) is 1. The molecule has 7 nitrogen and oxygen atoms in total. The van der Waals surface area contributed by atoms with E-state index >= 15 is 0 Å². The number of hydrogen-bond donors (Lipinski definition) is 2. The molecule has 0 aromatic carbocycles. The molecule has 2 aromatic heterocycles. The van der Waals surface area contributed by atoms with Gasteiger partial charge in [-0.1, -0.05) is 11.6 Å². The zero-order valence-electron chi connectivity index (χ0n) is 11.5. The second kappa shape index (κ2) is 6.09. The SMILES string of the molecule is O=C(O)C1CCCC1CNCc1noc(-c2ccco2)n1. The summed E-state index contributed by atoms with van der Waals surface area (Å²) in [6, 6.07) is 3.50. The molecule has 2 N–H and O–H groups in total. The van der Waals surface area contributed by atoms with Gasteiger partial charge in [-0.3, -0.25) is 4.79 Å². The number of aromatic nitrogens is 2. The molecular weight excluding hydrogens is 274 g/mol. The van der Waals surface area contributed by atoms with Crippen LogP contribution in [-0.2, 0) is 11.3 Å². The molecule has 0 aliphatic heterocycles. The second-order valence-electron chi connectivity index (χ2n) is 5.26. The highest BCUT2D eigenvalue weighted by atomic mass is 16.5. The van der Waals surface area contributed by atoms with Gasteiger partial charge in [0.15, 0.2) is 11.6 Å². The minimum atomic E-state index is -0.695. The molecule has 7 heteroatoms. The molecule has 0 bridgehead atoms. The molecule has 0 saturated heterocycles. The van der Waals surface area contributed by atoms with Crippen LogP contribution in [0.3, 0.4) is 0 Å². The number of carboxylic acids is 1. The van der Waals surface area contributed by atoms with Crippen molar-refractivity contribution < 1.29 is 18.8 Å². The van der Waals surface area contributed by atoms with Gasteiger partial charge in [0.25, 0.3) is 5.89 Å². The average molecular weight is 291 g/mol. The molecule has 1 aliphatic carbocycles. The summed E-state index contributed by atoms with van der Waals surface area (Å²) in [5, 5.41) is 16.2. The van der Waals surface area contributed by atoms with E-state index in [9.17, 15) is 4.79 Å². The third-order valence-corrected chi connectivity index (χ3v) is 3.87. The highest BCUT2D eigenvalue weighted by molar-refractivity contribution is 5.70. The lowest BCUT2D eigenvalue weighted by Gasteiger charge is -2.15. The molecule has 112 valence electrons. The molecule has 0 radical (unpaired) electrons. The Hall–Kier alpha value is -2.15. The summed E-state index contributed by atoms with van der Waals surface area (Å²) in [4.78, 5) is 15.3. The van der Waals surface area contributed by atoms with Crippen LogP contribution >= 0.6 is 0 Å². The Morgan fingerprint density at radius 2 is 2.38 bits per heavy atom. The summed E-state index contributed by atoms with van der Waals surface area (Å²) in [6.07, 6.45) is 4.25. The molecule has 2 aromatic rings. The van der Waals surface area contributed by atoms with E-state index in [1.165, 1.54) is 0 Å². The van der Waals surface area contributed by atoms with Crippen LogP contribution in [0.2, 0.25) is 0 Å². The van der Waals surface area contributed by atoms with Crippen LogP contribution in [0.1, 0.15) is 25.1 Å². The van der Waals surface area contributed by atoms with Crippen LogP contribution in [-0.4, -0.2) is 27.8 Å². The van der Waals surface area contributed by atoms with Crippen molar-refractivity contribution in [2.24, 2.45) is 11.8 Å². The molecule has 2 heterocycles. The third kappa shape index (κ3) is 3.13. The van der Waals surface area contributed by atoms with E-state index in [0.29, 0.717) is 30.6 Å². The summed E-state index contributed by atoms with van der Waals surface area (Å²) in [7, 11) is 0. The van der Waals surface area contributed by atoms with Gasteiger partial charge < -0.3 is 19.4 Å². The molecule has 0 spiro atoms. The Labute approximate surface area is 121 Å². The van der Waals surface area contributed by atoms with E-state index in [2.05, 4.69) is 15.5 Å². The summed E-state index contributed by atoms with van der Waals surface area (Å²) >= 11 is 0. The molecule has 2 atom stereocenters. The average Bonchev–Trinajstić information content (AvgIpc) is 3.20. The quantitative estimate of drug-likeness (QED) is 0.838. The maximum Gasteiger partial charge on any atom is 0.306 e. The summed E-state index contributed by atoms with van der Waals surface area (Å²) < 4.78 is 10.3. The number of rotatable bonds is 6. The Kier molecular flexibility index (Phi) is 4.01. The first-order chi connectivity index (χ1) is 10.2. The van der Waals surface area contributed by atoms with Crippen LogP contribution in [0, 0.1) is 11.8 Å².